The highest BCUT2D eigenvalue weighted by molar-refractivity contribution is 6.30. The predicted molar refractivity (Wildman–Crippen MR) is 62.5 cm³/mol. The lowest BCUT2D eigenvalue weighted by molar-refractivity contribution is 0.101. The van der Waals surface area contributed by atoms with Gasteiger partial charge in [0.25, 0.3) is 0 Å². The van der Waals surface area contributed by atoms with Gasteiger partial charge in [-0.2, -0.15) is 0 Å². The average molecular weight is 226 g/mol. The lowest BCUT2D eigenvalue weighted by Crippen LogP contribution is -2.10. The minimum absolute atomic E-state index is 0.0208. The molecule has 82 valence electrons. The van der Waals surface area contributed by atoms with Crippen molar-refractivity contribution >= 4 is 17.4 Å². The van der Waals surface area contributed by atoms with E-state index >= 15 is 0 Å². The second kappa shape index (κ2) is 4.75. The Morgan fingerprint density at radius 3 is 2.47 bits per heavy atom. The molecule has 0 bridgehead atoms. The normalized spacial score (nSPS) is 12.9. The molecule has 0 N–H and O–H groups in total. The van der Waals surface area contributed by atoms with Gasteiger partial charge in [0.05, 0.1) is 10.7 Å². The molecule has 0 amide bonds. The Morgan fingerprint density at radius 2 is 2.00 bits per heavy atom. The van der Waals surface area contributed by atoms with Crippen molar-refractivity contribution in [1.82, 2.24) is 4.98 Å². The molecule has 0 saturated heterocycles. The topological polar surface area (TPSA) is 30.0 Å². The summed E-state index contributed by atoms with van der Waals surface area (Å²) in [6.45, 7) is 7.85. The summed E-state index contributed by atoms with van der Waals surface area (Å²) < 4.78 is 0. The molecule has 0 saturated carbocycles. The first-order valence-electron chi connectivity index (χ1n) is 5.09. The maximum atomic E-state index is 11.4. The Labute approximate surface area is 95.7 Å². The Hall–Kier alpha value is -0.890. The van der Waals surface area contributed by atoms with Gasteiger partial charge >= 0.3 is 0 Å². The summed E-state index contributed by atoms with van der Waals surface area (Å²) in [6.07, 6.45) is 1.60. The van der Waals surface area contributed by atoms with Gasteiger partial charge in [-0.05, 0) is 18.9 Å². The highest BCUT2D eigenvalue weighted by atomic mass is 35.5. The summed E-state index contributed by atoms with van der Waals surface area (Å²) in [5.74, 6) is 0.741. The first kappa shape index (κ1) is 12.2. The molecule has 0 unspecified atom stereocenters. The second-order valence-corrected chi connectivity index (χ2v) is 4.61. The van der Waals surface area contributed by atoms with Gasteiger partial charge in [-0.1, -0.05) is 32.4 Å². The van der Waals surface area contributed by atoms with Crippen molar-refractivity contribution in [3.05, 3.63) is 28.5 Å². The highest BCUT2D eigenvalue weighted by Gasteiger charge is 2.18. The first-order chi connectivity index (χ1) is 6.93. The van der Waals surface area contributed by atoms with E-state index in [0.29, 0.717) is 16.5 Å². The van der Waals surface area contributed by atoms with Gasteiger partial charge in [-0.15, -0.1) is 0 Å². The van der Waals surface area contributed by atoms with Crippen molar-refractivity contribution in [2.45, 2.75) is 33.6 Å². The van der Waals surface area contributed by atoms with Gasteiger partial charge in [-0.3, -0.25) is 9.78 Å². The second-order valence-electron chi connectivity index (χ2n) is 4.18. The fraction of sp³-hybridized carbons (Fsp3) is 0.500. The molecule has 0 aliphatic heterocycles. The van der Waals surface area contributed by atoms with Crippen LogP contribution in [0.1, 0.15) is 49.7 Å². The highest BCUT2D eigenvalue weighted by Crippen LogP contribution is 2.26. The smallest absolute Gasteiger partial charge is 0.161 e. The third-order valence-corrected chi connectivity index (χ3v) is 2.90. The SMILES string of the molecule is CC(=O)c1cc(Cl)cnc1[C@H](C)C(C)C. The number of pyridine rings is 1. The quantitative estimate of drug-likeness (QED) is 0.735. The number of carbonyl (C=O) groups is 1. The summed E-state index contributed by atoms with van der Waals surface area (Å²) in [5.41, 5.74) is 1.49. The zero-order valence-electron chi connectivity index (χ0n) is 9.54. The number of hydrogen-bond acceptors (Lipinski definition) is 2. The summed E-state index contributed by atoms with van der Waals surface area (Å²) in [7, 11) is 0. The van der Waals surface area contributed by atoms with E-state index < -0.39 is 0 Å². The van der Waals surface area contributed by atoms with Gasteiger partial charge in [-0.25, -0.2) is 0 Å². The van der Waals surface area contributed by atoms with Crippen LogP contribution in [0.25, 0.3) is 0 Å². The van der Waals surface area contributed by atoms with Crippen LogP contribution in [0, 0.1) is 5.92 Å². The van der Waals surface area contributed by atoms with Crippen LogP contribution in [0.3, 0.4) is 0 Å². The van der Waals surface area contributed by atoms with Crippen molar-refractivity contribution in [1.29, 1.82) is 0 Å². The van der Waals surface area contributed by atoms with Crippen LogP contribution in [0.15, 0.2) is 12.3 Å². The molecule has 1 heterocycles. The fourth-order valence-corrected chi connectivity index (χ4v) is 1.57. The maximum Gasteiger partial charge on any atom is 0.161 e. The van der Waals surface area contributed by atoms with Gasteiger partial charge in [0.15, 0.2) is 5.78 Å². The largest absolute Gasteiger partial charge is 0.294 e. The van der Waals surface area contributed by atoms with Crippen LogP contribution in [0.4, 0.5) is 0 Å². The van der Waals surface area contributed by atoms with E-state index in [9.17, 15) is 4.79 Å². The molecule has 0 aliphatic rings. The van der Waals surface area contributed by atoms with Crippen molar-refractivity contribution in [2.75, 3.05) is 0 Å². The predicted octanol–water partition coefficient (Wildman–Crippen LogP) is 3.70. The molecule has 0 fully saturated rings. The van der Waals surface area contributed by atoms with Gasteiger partial charge < -0.3 is 0 Å². The number of Topliss-reactive ketones (excluding diaryl/α,β-unsaturated/α-hetero) is 1. The maximum absolute atomic E-state index is 11.4. The number of ketones is 1. The van der Waals surface area contributed by atoms with E-state index in [4.69, 9.17) is 11.6 Å². The molecule has 0 aromatic carbocycles. The van der Waals surface area contributed by atoms with E-state index in [0.717, 1.165) is 5.69 Å². The van der Waals surface area contributed by atoms with E-state index in [-0.39, 0.29) is 11.7 Å². The Morgan fingerprint density at radius 1 is 1.40 bits per heavy atom. The Kier molecular flexibility index (Phi) is 3.86. The molecule has 15 heavy (non-hydrogen) atoms. The minimum atomic E-state index is 0.0208. The summed E-state index contributed by atoms with van der Waals surface area (Å²) in [4.78, 5) is 15.7. The molecule has 1 aromatic heterocycles. The van der Waals surface area contributed by atoms with Crippen LogP contribution in [-0.4, -0.2) is 10.8 Å². The zero-order chi connectivity index (χ0) is 11.6. The number of nitrogens with zero attached hydrogens (tertiary/aromatic N) is 1. The molecule has 1 aromatic rings. The third-order valence-electron chi connectivity index (χ3n) is 2.70. The number of carbonyl (C=O) groups excluding carboxylic acids is 1. The standard InChI is InChI=1S/C12H16ClNO/c1-7(2)8(3)12-11(9(4)15)5-10(13)6-14-12/h5-8H,1-4H3/t8-/m1/s1. The van der Waals surface area contributed by atoms with Crippen LogP contribution in [-0.2, 0) is 0 Å². The molecule has 0 spiro atoms. The first-order valence-corrected chi connectivity index (χ1v) is 5.47. The van der Waals surface area contributed by atoms with E-state index in [1.54, 1.807) is 19.2 Å². The number of aromatic nitrogens is 1. The summed E-state index contributed by atoms with van der Waals surface area (Å²) in [6, 6.07) is 1.70. The molecular formula is C12H16ClNO. The Balaban J connectivity index is 3.22. The van der Waals surface area contributed by atoms with Crippen molar-refractivity contribution in [3.8, 4) is 0 Å². The molecule has 0 radical (unpaired) electrons. The van der Waals surface area contributed by atoms with Crippen LogP contribution in [0.5, 0.6) is 0 Å². The van der Waals surface area contributed by atoms with Gasteiger partial charge in [0.1, 0.15) is 0 Å². The van der Waals surface area contributed by atoms with Crippen molar-refractivity contribution in [3.63, 3.8) is 0 Å². The third kappa shape index (κ3) is 2.78. The number of halogens is 1. The minimum Gasteiger partial charge on any atom is -0.294 e. The summed E-state index contributed by atoms with van der Waals surface area (Å²) >= 11 is 5.83. The van der Waals surface area contributed by atoms with Crippen LogP contribution in [0.2, 0.25) is 5.02 Å². The van der Waals surface area contributed by atoms with E-state index in [2.05, 4.69) is 25.8 Å². The van der Waals surface area contributed by atoms with Crippen LogP contribution >= 0.6 is 11.6 Å². The monoisotopic (exact) mass is 225 g/mol. The van der Waals surface area contributed by atoms with E-state index in [1.807, 2.05) is 0 Å². The van der Waals surface area contributed by atoms with Gasteiger partial charge in [0, 0.05) is 17.7 Å². The number of hydrogen-bond donors (Lipinski definition) is 0. The van der Waals surface area contributed by atoms with Gasteiger partial charge in [0.2, 0.25) is 0 Å². The molecule has 1 rings (SSSR count). The lowest BCUT2D eigenvalue weighted by atomic mass is 9.90. The molecule has 1 atom stereocenters. The van der Waals surface area contributed by atoms with Crippen LogP contribution < -0.4 is 0 Å². The molecule has 3 heteroatoms. The van der Waals surface area contributed by atoms with Crippen molar-refractivity contribution in [2.24, 2.45) is 5.92 Å². The molecule has 2 nitrogen and oxygen atoms in total. The summed E-state index contributed by atoms with van der Waals surface area (Å²) in [5, 5.41) is 0.514. The average Bonchev–Trinajstić information content (AvgIpc) is 2.16. The zero-order valence-corrected chi connectivity index (χ0v) is 10.3. The Bertz CT molecular complexity index is 374. The molecular weight excluding hydrogens is 210 g/mol. The fourth-order valence-electron chi connectivity index (χ4n) is 1.41. The van der Waals surface area contributed by atoms with E-state index in [1.165, 1.54) is 0 Å². The van der Waals surface area contributed by atoms with Crippen molar-refractivity contribution < 1.29 is 4.79 Å². The molecule has 0 aliphatic carbocycles. The lowest BCUT2D eigenvalue weighted by Gasteiger charge is -2.17. The number of rotatable bonds is 3.